The standard InChI is InChI=1S/C18H21BrN2O3/c19-15-5-6-16-14(9-15)7-8-21(16)11-17(22)20-10-12-1-3-13(4-2-12)18(23)24/h5-9,12-13H,1-4,10-11H2,(H,20,22)(H,23,24). The number of hydrogen-bond donors (Lipinski definition) is 2. The van der Waals surface area contributed by atoms with Gasteiger partial charge < -0.3 is 15.0 Å². The van der Waals surface area contributed by atoms with Crippen LogP contribution in [0, 0.1) is 11.8 Å². The van der Waals surface area contributed by atoms with Crippen LogP contribution >= 0.6 is 15.9 Å². The number of rotatable bonds is 5. The first-order chi connectivity index (χ1) is 11.5. The topological polar surface area (TPSA) is 71.3 Å². The van der Waals surface area contributed by atoms with Gasteiger partial charge >= 0.3 is 5.97 Å². The lowest BCUT2D eigenvalue weighted by molar-refractivity contribution is -0.143. The monoisotopic (exact) mass is 392 g/mol. The van der Waals surface area contributed by atoms with Crippen LogP contribution < -0.4 is 5.32 Å². The minimum atomic E-state index is -0.691. The Bertz CT molecular complexity index is 748. The number of carboxylic acid groups (broad SMARTS) is 1. The SMILES string of the molecule is O=C(Cn1ccc2cc(Br)ccc21)NCC1CCC(C(=O)O)CC1. The number of hydrogen-bond acceptors (Lipinski definition) is 2. The fourth-order valence-corrected chi connectivity index (χ4v) is 3.77. The lowest BCUT2D eigenvalue weighted by Crippen LogP contribution is -2.34. The van der Waals surface area contributed by atoms with E-state index in [1.165, 1.54) is 0 Å². The number of aromatic nitrogens is 1. The van der Waals surface area contributed by atoms with Crippen LogP contribution in [0.3, 0.4) is 0 Å². The van der Waals surface area contributed by atoms with Gasteiger partial charge in [-0.3, -0.25) is 9.59 Å². The molecule has 0 unspecified atom stereocenters. The molecule has 2 N–H and O–H groups in total. The highest BCUT2D eigenvalue weighted by Crippen LogP contribution is 2.28. The van der Waals surface area contributed by atoms with Crippen molar-refractivity contribution in [1.82, 2.24) is 9.88 Å². The number of aliphatic carboxylic acids is 1. The third-order valence-corrected chi connectivity index (χ3v) is 5.32. The number of carbonyl (C=O) groups is 2. The molecule has 0 radical (unpaired) electrons. The van der Waals surface area contributed by atoms with Crippen LogP contribution in [0.2, 0.25) is 0 Å². The van der Waals surface area contributed by atoms with Crippen LogP contribution in [-0.4, -0.2) is 28.1 Å². The summed E-state index contributed by atoms with van der Waals surface area (Å²) in [4.78, 5) is 23.2. The molecule has 1 aliphatic carbocycles. The highest BCUT2D eigenvalue weighted by molar-refractivity contribution is 9.10. The zero-order valence-corrected chi connectivity index (χ0v) is 15.0. The first kappa shape index (κ1) is 17.0. The van der Waals surface area contributed by atoms with Gasteiger partial charge in [-0.25, -0.2) is 0 Å². The van der Waals surface area contributed by atoms with Crippen molar-refractivity contribution >= 4 is 38.7 Å². The maximum atomic E-state index is 12.2. The average molecular weight is 393 g/mol. The van der Waals surface area contributed by atoms with Crippen molar-refractivity contribution in [2.75, 3.05) is 6.54 Å². The zero-order chi connectivity index (χ0) is 17.1. The van der Waals surface area contributed by atoms with Gasteiger partial charge in [0, 0.05) is 28.1 Å². The zero-order valence-electron chi connectivity index (χ0n) is 13.4. The van der Waals surface area contributed by atoms with Gasteiger partial charge in [-0.2, -0.15) is 0 Å². The summed E-state index contributed by atoms with van der Waals surface area (Å²) in [6.07, 6.45) is 5.10. The number of nitrogens with one attached hydrogen (secondary N) is 1. The Labute approximate surface area is 149 Å². The second kappa shape index (κ2) is 7.38. The smallest absolute Gasteiger partial charge is 0.306 e. The minimum absolute atomic E-state index is 0.00391. The molecule has 0 spiro atoms. The molecule has 1 fully saturated rings. The van der Waals surface area contributed by atoms with Crippen molar-refractivity contribution in [1.29, 1.82) is 0 Å². The summed E-state index contributed by atoms with van der Waals surface area (Å²) in [6.45, 7) is 0.936. The van der Waals surface area contributed by atoms with Crippen molar-refractivity contribution in [2.24, 2.45) is 11.8 Å². The Morgan fingerprint density at radius 3 is 2.67 bits per heavy atom. The second-order valence-corrected chi connectivity index (χ2v) is 7.42. The third-order valence-electron chi connectivity index (χ3n) is 4.83. The molecule has 5 nitrogen and oxygen atoms in total. The maximum absolute atomic E-state index is 12.2. The molecule has 2 aromatic rings. The predicted octanol–water partition coefficient (Wildman–Crippen LogP) is 3.41. The molecular weight excluding hydrogens is 372 g/mol. The molecule has 0 bridgehead atoms. The van der Waals surface area contributed by atoms with Crippen molar-refractivity contribution in [3.8, 4) is 0 Å². The summed E-state index contributed by atoms with van der Waals surface area (Å²) >= 11 is 3.45. The highest BCUT2D eigenvalue weighted by atomic mass is 79.9. The van der Waals surface area contributed by atoms with Gasteiger partial charge in [0.2, 0.25) is 5.91 Å². The maximum Gasteiger partial charge on any atom is 0.306 e. The van der Waals surface area contributed by atoms with Gasteiger partial charge in [0.15, 0.2) is 0 Å². The van der Waals surface area contributed by atoms with E-state index in [4.69, 9.17) is 5.11 Å². The molecule has 0 aliphatic heterocycles. The number of carboxylic acids is 1. The van der Waals surface area contributed by atoms with Crippen LogP contribution in [0.4, 0.5) is 0 Å². The molecule has 1 aliphatic rings. The number of carbonyl (C=O) groups excluding carboxylic acids is 1. The van der Waals surface area contributed by atoms with Crippen LogP contribution in [-0.2, 0) is 16.1 Å². The van der Waals surface area contributed by atoms with Crippen molar-refractivity contribution in [3.05, 3.63) is 34.9 Å². The molecular formula is C18H21BrN2O3. The van der Waals surface area contributed by atoms with Gasteiger partial charge in [-0.15, -0.1) is 0 Å². The Morgan fingerprint density at radius 2 is 1.96 bits per heavy atom. The first-order valence-corrected chi connectivity index (χ1v) is 9.06. The minimum Gasteiger partial charge on any atom is -0.481 e. The van der Waals surface area contributed by atoms with E-state index in [-0.39, 0.29) is 11.8 Å². The van der Waals surface area contributed by atoms with E-state index in [9.17, 15) is 9.59 Å². The molecule has 6 heteroatoms. The Kier molecular flexibility index (Phi) is 5.23. The fraction of sp³-hybridized carbons (Fsp3) is 0.444. The van der Waals surface area contributed by atoms with E-state index in [1.54, 1.807) is 0 Å². The summed E-state index contributed by atoms with van der Waals surface area (Å²) < 4.78 is 2.97. The van der Waals surface area contributed by atoms with E-state index in [0.29, 0.717) is 31.8 Å². The van der Waals surface area contributed by atoms with Crippen LogP contribution in [0.25, 0.3) is 10.9 Å². The summed E-state index contributed by atoms with van der Waals surface area (Å²) in [5, 5.41) is 13.1. The van der Waals surface area contributed by atoms with Crippen molar-refractivity contribution < 1.29 is 14.7 Å². The third kappa shape index (κ3) is 3.98. The average Bonchev–Trinajstić information content (AvgIpc) is 2.95. The van der Waals surface area contributed by atoms with E-state index >= 15 is 0 Å². The first-order valence-electron chi connectivity index (χ1n) is 8.27. The van der Waals surface area contributed by atoms with E-state index < -0.39 is 5.97 Å². The molecule has 0 atom stereocenters. The Balaban J connectivity index is 1.50. The van der Waals surface area contributed by atoms with Crippen molar-refractivity contribution in [2.45, 2.75) is 32.2 Å². The summed E-state index contributed by atoms with van der Waals surface area (Å²) in [5.41, 5.74) is 1.04. The molecule has 1 aromatic carbocycles. The molecule has 128 valence electrons. The summed E-state index contributed by atoms with van der Waals surface area (Å²) in [7, 11) is 0. The number of nitrogens with zero attached hydrogens (tertiary/aromatic N) is 1. The molecule has 24 heavy (non-hydrogen) atoms. The van der Waals surface area contributed by atoms with Crippen LogP contribution in [0.5, 0.6) is 0 Å². The largest absolute Gasteiger partial charge is 0.481 e. The lowest BCUT2D eigenvalue weighted by atomic mass is 9.82. The number of halogens is 1. The highest BCUT2D eigenvalue weighted by Gasteiger charge is 2.25. The van der Waals surface area contributed by atoms with Gasteiger partial charge in [-0.05, 0) is 55.9 Å². The van der Waals surface area contributed by atoms with Crippen LogP contribution in [0.1, 0.15) is 25.7 Å². The molecule has 0 saturated heterocycles. The second-order valence-electron chi connectivity index (χ2n) is 6.51. The fourth-order valence-electron chi connectivity index (χ4n) is 3.39. The van der Waals surface area contributed by atoms with Gasteiger partial charge in [0.25, 0.3) is 0 Å². The molecule has 1 saturated carbocycles. The quantitative estimate of drug-likeness (QED) is 0.818. The van der Waals surface area contributed by atoms with Gasteiger partial charge in [-0.1, -0.05) is 15.9 Å². The summed E-state index contributed by atoms with van der Waals surface area (Å²) in [5.74, 6) is -0.510. The predicted molar refractivity (Wildman–Crippen MR) is 95.7 cm³/mol. The van der Waals surface area contributed by atoms with Gasteiger partial charge in [0.1, 0.15) is 6.54 Å². The number of benzene rings is 1. The Morgan fingerprint density at radius 1 is 1.21 bits per heavy atom. The Hall–Kier alpha value is -1.82. The molecule has 1 heterocycles. The van der Waals surface area contributed by atoms with E-state index in [0.717, 1.165) is 28.2 Å². The van der Waals surface area contributed by atoms with Crippen molar-refractivity contribution in [3.63, 3.8) is 0 Å². The van der Waals surface area contributed by atoms with E-state index in [2.05, 4.69) is 21.2 Å². The van der Waals surface area contributed by atoms with E-state index in [1.807, 2.05) is 35.0 Å². The number of amides is 1. The van der Waals surface area contributed by atoms with Gasteiger partial charge in [0.05, 0.1) is 5.92 Å². The lowest BCUT2D eigenvalue weighted by Gasteiger charge is -2.26. The van der Waals surface area contributed by atoms with Crippen LogP contribution in [0.15, 0.2) is 34.9 Å². The normalized spacial score (nSPS) is 20.9. The molecule has 1 aromatic heterocycles. The number of fused-ring (bicyclic) bond motifs is 1. The molecule has 3 rings (SSSR count). The summed E-state index contributed by atoms with van der Waals surface area (Å²) in [6, 6.07) is 8.00. The molecule has 1 amide bonds.